The van der Waals surface area contributed by atoms with Gasteiger partial charge in [0.2, 0.25) is 0 Å². The van der Waals surface area contributed by atoms with E-state index in [1.165, 1.54) is 152 Å². The van der Waals surface area contributed by atoms with Gasteiger partial charge in [-0.25, -0.2) is 0 Å². The molecule has 0 atom stereocenters. The van der Waals surface area contributed by atoms with Gasteiger partial charge in [0, 0.05) is 136 Å². The van der Waals surface area contributed by atoms with E-state index in [0.717, 1.165) is 62.2 Å². The van der Waals surface area contributed by atoms with Crippen molar-refractivity contribution in [3.05, 3.63) is 460 Å². The smallest absolute Gasteiger partial charge is 0.494 e. The predicted octanol–water partition coefficient (Wildman–Crippen LogP) is 31.5. The molecular weight excluding hydrogens is 1760 g/mol. The van der Waals surface area contributed by atoms with Crippen LogP contribution in [-0.4, -0.2) is 40.3 Å². The van der Waals surface area contributed by atoms with Crippen LogP contribution in [0.2, 0.25) is 0 Å². The molecule has 18 aromatic carbocycles. The summed E-state index contributed by atoms with van der Waals surface area (Å²) < 4.78 is 14.9. The van der Waals surface area contributed by atoms with Crippen molar-refractivity contribution in [3.8, 4) is 56.5 Å². The van der Waals surface area contributed by atoms with Crippen LogP contribution in [0.15, 0.2) is 443 Å². The second-order valence-corrected chi connectivity index (χ2v) is 33.6. The van der Waals surface area contributed by atoms with Crippen molar-refractivity contribution >= 4 is 158 Å². The fourth-order valence-electron chi connectivity index (χ4n) is 17.9. The predicted molar refractivity (Wildman–Crippen MR) is 535 cm³/mol. The van der Waals surface area contributed by atoms with Gasteiger partial charge in [0.05, 0.1) is 39.3 Å². The van der Waals surface area contributed by atoms with Crippen LogP contribution in [-0.2, 0) is 20.1 Å². The molecule has 0 bridgehead atoms. The number of hydrogen-bond donors (Lipinski definition) is 0. The number of rotatable bonds is 15. The molecule has 2 radical (unpaired) electrons. The van der Waals surface area contributed by atoms with E-state index < -0.39 is 0 Å². The summed E-state index contributed by atoms with van der Waals surface area (Å²) in [6, 6.07) is 155. The van der Waals surface area contributed by atoms with Gasteiger partial charge in [-0.05, 0) is 202 Å². The molecule has 0 aliphatic heterocycles. The second kappa shape index (κ2) is 36.7. The first-order valence-corrected chi connectivity index (χ1v) is 44.4. The zero-order chi connectivity index (χ0) is 85.0. The maximum atomic E-state index is 5.19. The Kier molecular flexibility index (Phi) is 23.8. The van der Waals surface area contributed by atoms with E-state index >= 15 is 0 Å². The molecule has 0 saturated heterocycles. The molecule has 0 fully saturated rings. The molecule has 0 N–H and O–H groups in total. The van der Waals surface area contributed by atoms with Crippen LogP contribution in [0.5, 0.6) is 5.75 Å². The molecular formula is C116H88AlIrN7OS-. The molecule has 23 aromatic rings. The Bertz CT molecular complexity index is 7360. The van der Waals surface area contributed by atoms with E-state index in [4.69, 9.17) is 3.79 Å². The summed E-state index contributed by atoms with van der Waals surface area (Å²) in [5.74, 6) is 2.55. The van der Waals surface area contributed by atoms with E-state index in [2.05, 4.69) is 450 Å². The minimum absolute atomic E-state index is 0. The Morgan fingerprint density at radius 2 is 0.724 bits per heavy atom. The van der Waals surface area contributed by atoms with Crippen molar-refractivity contribution < 1.29 is 23.9 Å². The summed E-state index contributed by atoms with van der Waals surface area (Å²) in [7, 11) is 0. The molecule has 0 unspecified atom stereocenters. The normalized spacial score (nSPS) is 11.3. The van der Waals surface area contributed by atoms with Crippen molar-refractivity contribution in [3.63, 3.8) is 0 Å². The fraction of sp³-hybridized carbons (Fsp3) is 0.0517. The Hall–Kier alpha value is -14.5. The number of fused-ring (bicyclic) bond motifs is 12. The maximum Gasteiger partial charge on any atom is 0.494 e. The molecule has 0 spiro atoms. The van der Waals surface area contributed by atoms with E-state index in [1.54, 1.807) is 6.20 Å². The average molecular weight is 1850 g/mol. The number of benzene rings is 18. The van der Waals surface area contributed by atoms with Crippen LogP contribution < -0.4 is 13.6 Å². The third kappa shape index (κ3) is 16.3. The molecule has 0 aliphatic carbocycles. The van der Waals surface area contributed by atoms with Crippen molar-refractivity contribution in [1.82, 2.24) is 23.7 Å². The van der Waals surface area contributed by atoms with Crippen LogP contribution >= 0.6 is 11.3 Å². The first-order chi connectivity index (χ1) is 62.2. The molecule has 0 amide bonds. The number of thiophene rings is 1. The summed E-state index contributed by atoms with van der Waals surface area (Å²) in [4.78, 5) is 13.6. The minimum Gasteiger partial charge on any atom is -0.649 e. The summed E-state index contributed by atoms with van der Waals surface area (Å²) in [6.07, 6.45) is 5.73. The van der Waals surface area contributed by atoms with Crippen molar-refractivity contribution in [2.45, 2.75) is 39.5 Å². The van der Waals surface area contributed by atoms with E-state index in [9.17, 15) is 0 Å². The van der Waals surface area contributed by atoms with Gasteiger partial charge in [0.15, 0.2) is 0 Å². The first kappa shape index (κ1) is 82.1. The Morgan fingerprint density at radius 3 is 1.18 bits per heavy atom. The molecule has 0 aliphatic rings. The molecule has 127 heavy (non-hydrogen) atoms. The molecule has 11 heteroatoms. The van der Waals surface area contributed by atoms with Crippen LogP contribution in [0, 0.1) is 6.07 Å². The molecule has 5 aromatic heterocycles. The number of anilines is 6. The van der Waals surface area contributed by atoms with E-state index in [1.807, 2.05) is 66.1 Å². The third-order valence-electron chi connectivity index (χ3n) is 23.8. The summed E-state index contributed by atoms with van der Waals surface area (Å²) in [5.41, 5.74) is 24.9. The van der Waals surface area contributed by atoms with Gasteiger partial charge >= 0.3 is 16.6 Å². The fourth-order valence-corrected chi connectivity index (χ4v) is 19.2. The zero-order valence-corrected chi connectivity index (χ0v) is 75.4. The van der Waals surface area contributed by atoms with Gasteiger partial charge in [-0.15, -0.1) is 47.2 Å². The monoisotopic (exact) mass is 1850 g/mol. The largest absolute Gasteiger partial charge is 0.649 e. The first-order valence-electron chi connectivity index (χ1n) is 43.0. The molecule has 0 saturated carbocycles. The quantitative estimate of drug-likeness (QED) is 0.0756. The van der Waals surface area contributed by atoms with E-state index in [0.29, 0.717) is 11.8 Å². The van der Waals surface area contributed by atoms with Crippen LogP contribution in [0.3, 0.4) is 0 Å². The summed E-state index contributed by atoms with van der Waals surface area (Å²) in [6.45, 7) is 9.07. The Labute approximate surface area is 765 Å². The average Bonchev–Trinajstić information content (AvgIpc) is 1.58. The molecule has 612 valence electrons. The standard InChI is InChI=1S/C44H32N2.C36H22N2S.C27H27N2.C9H7NO.Al.Ir.H/c1-3-17-37(18-4-1)45(43-23-11-15-35-13-7-9-21-41(35)43)39-29-25-33(26-30-39)34-27-31-40(32-28-34)46(38-19-5-2-6-20-38)44-24-12-16-36-14-8-10-22-42(36)44;1-5-13-31-25(9-1)26-10-2-6-14-32(26)37(31)23-17-19-35-29(21-23)30-22-24(18-20-36(30)39-35)38-33-15-7-3-11-27(33)28-12-4-8-16-34(28)38;1-19(2)24-17-23(21-11-7-5-8-12-21)18-25(20(3)4)26(24)29-16-15-28-27(29)22-13-9-6-10-14-22;11-8-5-1-3-7-4-2-6-10-9(7)8;;;/h1-32H;1-22H;5-13,15-20H,1-4H3;1-6,11H;;;/q;;-1;;+1;;/p-1. The number of imidazole rings is 1. The SMILES string of the molecule is CC(C)c1cc(-c2ccccc2)cc(C(C)C)c1-n1ccnc1-c1[c-]cccc1.[AlH][O]c1cccc2cccnc12.[Ir].c1ccc(N(c2ccc(-c3ccc(N(c4ccccc4)c4cccc5ccccc45)cc3)cc2)c2cccc3ccccc23)cc1.c1ccc2c(c1)c1ccccc1n2-c1ccc2sc3ccc(-n4c5ccccc5c5ccccc54)cc3c2c1. The topological polar surface area (TPSA) is 56.3 Å². The van der Waals surface area contributed by atoms with Crippen LogP contribution in [0.1, 0.15) is 50.7 Å². The molecule has 8 nitrogen and oxygen atoms in total. The number of nitrogens with zero attached hydrogens (tertiary/aromatic N) is 7. The van der Waals surface area contributed by atoms with Crippen molar-refractivity contribution in [2.75, 3.05) is 9.80 Å². The van der Waals surface area contributed by atoms with Gasteiger partial charge in [0.1, 0.15) is 11.3 Å². The summed E-state index contributed by atoms with van der Waals surface area (Å²) in [5, 5.41) is 13.8. The van der Waals surface area contributed by atoms with Gasteiger partial charge in [-0.2, -0.15) is 0 Å². The Balaban J connectivity index is 0.000000118. The van der Waals surface area contributed by atoms with Crippen molar-refractivity contribution in [2.24, 2.45) is 0 Å². The number of para-hydroxylation sites is 7. The van der Waals surface area contributed by atoms with Gasteiger partial charge in [-0.1, -0.05) is 282 Å². The Morgan fingerprint density at radius 1 is 0.331 bits per heavy atom. The van der Waals surface area contributed by atoms with Gasteiger partial charge in [-0.3, -0.25) is 9.97 Å². The number of hydrogen-bond acceptors (Lipinski definition) is 6. The maximum absolute atomic E-state index is 5.19. The van der Waals surface area contributed by atoms with Crippen LogP contribution in [0.25, 0.3) is 147 Å². The molecule has 23 rings (SSSR count). The van der Waals surface area contributed by atoms with Gasteiger partial charge < -0.3 is 27.3 Å². The van der Waals surface area contributed by atoms with Crippen molar-refractivity contribution in [1.29, 1.82) is 0 Å². The summed E-state index contributed by atoms with van der Waals surface area (Å²) >= 11 is 3.34. The molecule has 5 heterocycles. The third-order valence-corrected chi connectivity index (χ3v) is 25.3. The minimum atomic E-state index is 0. The van der Waals surface area contributed by atoms with Gasteiger partial charge in [0.25, 0.3) is 0 Å². The second-order valence-electron chi connectivity index (χ2n) is 32.2. The number of pyridine rings is 1. The van der Waals surface area contributed by atoms with E-state index in [-0.39, 0.29) is 20.1 Å². The zero-order valence-electron chi connectivity index (χ0n) is 70.8. The van der Waals surface area contributed by atoms with Crippen LogP contribution in [0.4, 0.5) is 34.1 Å². The number of aromatic nitrogens is 5.